The molecule has 31 heavy (non-hydrogen) atoms. The molecule has 0 aliphatic carbocycles. The zero-order chi connectivity index (χ0) is 22.4. The predicted molar refractivity (Wildman–Crippen MR) is 117 cm³/mol. The maximum absolute atomic E-state index is 13.0. The molecule has 0 spiro atoms. The van der Waals surface area contributed by atoms with E-state index in [0.717, 1.165) is 30.7 Å². The molecule has 8 heteroatoms. The van der Waals surface area contributed by atoms with Crippen molar-refractivity contribution < 1.29 is 23.8 Å². The van der Waals surface area contributed by atoms with E-state index in [1.54, 1.807) is 19.1 Å². The first-order chi connectivity index (χ1) is 14.9. The van der Waals surface area contributed by atoms with E-state index in [4.69, 9.17) is 14.2 Å². The topological polar surface area (TPSA) is 71.6 Å². The molecule has 0 bridgehead atoms. The molecule has 0 atom stereocenters. The third-order valence-corrected chi connectivity index (χ3v) is 5.82. The maximum Gasteiger partial charge on any atom is 0.409 e. The quantitative estimate of drug-likeness (QED) is 0.686. The average Bonchev–Trinajstić information content (AvgIpc) is 3.01. The van der Waals surface area contributed by atoms with Gasteiger partial charge in [0.2, 0.25) is 5.91 Å². The lowest BCUT2D eigenvalue weighted by Gasteiger charge is -2.31. The van der Waals surface area contributed by atoms with Crippen LogP contribution < -0.4 is 9.47 Å². The molecule has 0 saturated carbocycles. The number of methoxy groups -OCH3 is 2. The van der Waals surface area contributed by atoms with Crippen molar-refractivity contribution in [3.63, 3.8) is 0 Å². The highest BCUT2D eigenvalue weighted by molar-refractivity contribution is 5.78. The molecule has 2 amide bonds. The van der Waals surface area contributed by atoms with Crippen LogP contribution in [0.25, 0.3) is 0 Å². The number of benzene rings is 1. The Hall–Kier alpha value is -2.48. The van der Waals surface area contributed by atoms with Gasteiger partial charge in [0, 0.05) is 39.3 Å². The predicted octanol–water partition coefficient (Wildman–Crippen LogP) is 2.39. The highest BCUT2D eigenvalue weighted by Crippen LogP contribution is 2.33. The second kappa shape index (κ2) is 10.7. The Bertz CT molecular complexity index is 783. The van der Waals surface area contributed by atoms with Crippen molar-refractivity contribution in [2.45, 2.75) is 33.2 Å². The number of nitrogens with zero attached hydrogens (tertiary/aromatic N) is 3. The molecule has 1 aromatic rings. The van der Waals surface area contributed by atoms with Crippen molar-refractivity contribution in [2.24, 2.45) is 5.92 Å². The largest absolute Gasteiger partial charge is 0.493 e. The summed E-state index contributed by atoms with van der Waals surface area (Å²) in [5.74, 6) is 1.85. The van der Waals surface area contributed by atoms with E-state index in [2.05, 4.69) is 4.90 Å². The Kier molecular flexibility index (Phi) is 8.01. The van der Waals surface area contributed by atoms with Gasteiger partial charge in [-0.05, 0) is 42.0 Å². The Morgan fingerprint density at radius 1 is 0.935 bits per heavy atom. The fourth-order valence-corrected chi connectivity index (χ4v) is 4.03. The third kappa shape index (κ3) is 6.03. The minimum atomic E-state index is -0.251. The molecule has 0 N–H and O–H groups in total. The number of hydrogen-bond donors (Lipinski definition) is 0. The van der Waals surface area contributed by atoms with Crippen LogP contribution in [0.4, 0.5) is 4.79 Å². The van der Waals surface area contributed by atoms with Crippen LogP contribution in [0, 0.1) is 5.92 Å². The van der Waals surface area contributed by atoms with Gasteiger partial charge in [0.05, 0.1) is 27.4 Å². The Morgan fingerprint density at radius 3 is 2.32 bits per heavy atom. The standard InChI is InChI=1S/C23H35N3O5/c1-17(2)16-31-23(28)25-8-5-7-24(10-11-25)15-22(27)26-9-6-18-12-20(29-3)21(30-4)13-19(18)14-26/h12-13,17H,5-11,14-16H2,1-4H3. The van der Waals surface area contributed by atoms with E-state index in [1.165, 1.54) is 5.56 Å². The van der Waals surface area contributed by atoms with Gasteiger partial charge in [-0.2, -0.15) is 0 Å². The second-order valence-electron chi connectivity index (χ2n) is 8.63. The van der Waals surface area contributed by atoms with Gasteiger partial charge in [-0.25, -0.2) is 4.79 Å². The number of amides is 2. The molecule has 2 heterocycles. The number of fused-ring (bicyclic) bond motifs is 1. The van der Waals surface area contributed by atoms with Crippen molar-refractivity contribution in [1.29, 1.82) is 0 Å². The molecule has 172 valence electrons. The summed E-state index contributed by atoms with van der Waals surface area (Å²) in [6.07, 6.45) is 1.39. The summed E-state index contributed by atoms with van der Waals surface area (Å²) in [6, 6.07) is 3.98. The molecule has 2 aliphatic heterocycles. The third-order valence-electron chi connectivity index (χ3n) is 5.82. The number of carbonyl (C=O) groups excluding carboxylic acids is 2. The Labute approximate surface area is 185 Å². The van der Waals surface area contributed by atoms with Crippen LogP contribution in [0.2, 0.25) is 0 Å². The Morgan fingerprint density at radius 2 is 1.65 bits per heavy atom. The molecule has 0 unspecified atom stereocenters. The van der Waals surface area contributed by atoms with Gasteiger partial charge in [0.25, 0.3) is 0 Å². The summed E-state index contributed by atoms with van der Waals surface area (Å²) >= 11 is 0. The van der Waals surface area contributed by atoms with E-state index in [0.29, 0.717) is 57.5 Å². The first kappa shape index (κ1) is 23.2. The lowest BCUT2D eigenvalue weighted by Crippen LogP contribution is -2.44. The first-order valence-electron chi connectivity index (χ1n) is 11.1. The summed E-state index contributed by atoms with van der Waals surface area (Å²) in [6.45, 7) is 8.86. The number of hydrogen-bond acceptors (Lipinski definition) is 6. The zero-order valence-electron chi connectivity index (χ0n) is 19.2. The number of ether oxygens (including phenoxy) is 3. The van der Waals surface area contributed by atoms with Crippen molar-refractivity contribution in [3.05, 3.63) is 23.3 Å². The SMILES string of the molecule is COc1cc2c(cc1OC)CN(C(=O)CN1CCCN(C(=O)OCC(C)C)CC1)CC2. The fourth-order valence-electron chi connectivity index (χ4n) is 4.03. The van der Waals surface area contributed by atoms with Gasteiger partial charge in [-0.3, -0.25) is 9.69 Å². The van der Waals surface area contributed by atoms with Crippen molar-refractivity contribution >= 4 is 12.0 Å². The van der Waals surface area contributed by atoms with Crippen molar-refractivity contribution in [1.82, 2.24) is 14.7 Å². The highest BCUT2D eigenvalue weighted by atomic mass is 16.6. The zero-order valence-corrected chi connectivity index (χ0v) is 19.2. The molecule has 8 nitrogen and oxygen atoms in total. The summed E-state index contributed by atoms with van der Waals surface area (Å²) in [7, 11) is 3.26. The van der Waals surface area contributed by atoms with E-state index < -0.39 is 0 Å². The molecular formula is C23H35N3O5. The molecule has 2 aliphatic rings. The molecule has 0 radical (unpaired) electrons. The lowest BCUT2D eigenvalue weighted by atomic mass is 9.98. The van der Waals surface area contributed by atoms with Gasteiger partial charge < -0.3 is 24.0 Å². The minimum absolute atomic E-state index is 0.122. The monoisotopic (exact) mass is 433 g/mol. The van der Waals surface area contributed by atoms with Gasteiger partial charge in [0.15, 0.2) is 11.5 Å². The minimum Gasteiger partial charge on any atom is -0.493 e. The normalized spacial score (nSPS) is 17.2. The van der Waals surface area contributed by atoms with E-state index in [1.807, 2.05) is 30.9 Å². The fraction of sp³-hybridized carbons (Fsp3) is 0.652. The van der Waals surface area contributed by atoms with Gasteiger partial charge in [-0.15, -0.1) is 0 Å². The van der Waals surface area contributed by atoms with Gasteiger partial charge in [-0.1, -0.05) is 13.8 Å². The lowest BCUT2D eigenvalue weighted by molar-refractivity contribution is -0.133. The van der Waals surface area contributed by atoms with Crippen molar-refractivity contribution in [3.8, 4) is 11.5 Å². The molecular weight excluding hydrogens is 398 g/mol. The van der Waals surface area contributed by atoms with E-state index in [-0.39, 0.29) is 12.0 Å². The molecule has 3 rings (SSSR count). The summed E-state index contributed by atoms with van der Waals surface area (Å²) in [5, 5.41) is 0. The average molecular weight is 434 g/mol. The van der Waals surface area contributed by atoms with E-state index >= 15 is 0 Å². The highest BCUT2D eigenvalue weighted by Gasteiger charge is 2.26. The summed E-state index contributed by atoms with van der Waals surface area (Å²) in [5.41, 5.74) is 2.30. The Balaban J connectivity index is 1.53. The van der Waals surface area contributed by atoms with Crippen LogP contribution in [0.5, 0.6) is 11.5 Å². The summed E-state index contributed by atoms with van der Waals surface area (Å²) < 4.78 is 16.2. The maximum atomic E-state index is 13.0. The van der Waals surface area contributed by atoms with Crippen LogP contribution in [0.3, 0.4) is 0 Å². The van der Waals surface area contributed by atoms with Crippen LogP contribution in [0.15, 0.2) is 12.1 Å². The molecule has 1 aromatic carbocycles. The van der Waals surface area contributed by atoms with E-state index in [9.17, 15) is 9.59 Å². The van der Waals surface area contributed by atoms with Crippen LogP contribution in [-0.4, -0.2) is 86.8 Å². The molecule has 0 aromatic heterocycles. The van der Waals surface area contributed by atoms with Crippen LogP contribution >= 0.6 is 0 Å². The molecule has 1 fully saturated rings. The number of rotatable bonds is 6. The van der Waals surface area contributed by atoms with Gasteiger partial charge >= 0.3 is 6.09 Å². The second-order valence-corrected chi connectivity index (χ2v) is 8.63. The van der Waals surface area contributed by atoms with Crippen LogP contribution in [0.1, 0.15) is 31.4 Å². The number of carbonyl (C=O) groups is 2. The van der Waals surface area contributed by atoms with Crippen LogP contribution in [-0.2, 0) is 22.5 Å². The molecule has 1 saturated heterocycles. The smallest absolute Gasteiger partial charge is 0.409 e. The summed E-state index contributed by atoms with van der Waals surface area (Å²) in [4.78, 5) is 31.0. The van der Waals surface area contributed by atoms with Gasteiger partial charge in [0.1, 0.15) is 0 Å². The van der Waals surface area contributed by atoms with Crippen molar-refractivity contribution in [2.75, 3.05) is 60.1 Å². The first-order valence-corrected chi connectivity index (χ1v) is 11.1.